The Balaban J connectivity index is 2.52. The molecule has 0 aliphatic rings. The highest BCUT2D eigenvalue weighted by Gasteiger charge is 2.19. The van der Waals surface area contributed by atoms with Crippen molar-refractivity contribution in [3.8, 4) is 11.3 Å². The van der Waals surface area contributed by atoms with Crippen LogP contribution in [0.5, 0.6) is 0 Å². The molecule has 0 spiro atoms. The molecular weight excluding hydrogens is 417 g/mol. The molecule has 0 fully saturated rings. The highest BCUT2D eigenvalue weighted by atomic mass is 32.2. The van der Waals surface area contributed by atoms with Crippen molar-refractivity contribution < 1.29 is 19.4 Å². The molecule has 2 atom stereocenters. The number of carbonyl (C=O) groups is 1. The molecule has 0 unspecified atom stereocenters. The van der Waals surface area contributed by atoms with Gasteiger partial charge in [-0.1, -0.05) is 37.9 Å². The summed E-state index contributed by atoms with van der Waals surface area (Å²) >= 11 is 1.48. The number of hydrogen-bond acceptors (Lipinski definition) is 7. The number of Topliss-reactive ketones (excluding diaryl/α,β-unsaturated/α-hetero) is 1. The van der Waals surface area contributed by atoms with Gasteiger partial charge in [0, 0.05) is 37.3 Å². The van der Waals surface area contributed by atoms with E-state index in [2.05, 4.69) is 0 Å². The fraction of sp³-hybridized carbons (Fsp3) is 0.435. The normalized spacial score (nSPS) is 13.6. The third kappa shape index (κ3) is 7.12. The standard InChI is InChI=1S/C23H30FN3O3S/c1-14(2)21-20(11-10-18(29)13-19(30)12-15(3)28)22(16-6-8-17(24)9-7-16)26-23(25-21)27(4)31-5/h6-11,14,18-19,29-30H,12-13H2,1-5H3/b11-10+/t18-,19+/m1/s1. The van der Waals surface area contributed by atoms with Gasteiger partial charge in [-0.25, -0.2) is 14.4 Å². The van der Waals surface area contributed by atoms with Gasteiger partial charge in [-0.05, 0) is 37.1 Å². The monoisotopic (exact) mass is 447 g/mol. The van der Waals surface area contributed by atoms with Crippen molar-refractivity contribution >= 4 is 29.8 Å². The van der Waals surface area contributed by atoms with Crippen LogP contribution >= 0.6 is 11.9 Å². The molecule has 2 N–H and O–H groups in total. The van der Waals surface area contributed by atoms with Crippen LogP contribution in [0.1, 0.15) is 50.8 Å². The predicted octanol–water partition coefficient (Wildman–Crippen LogP) is 4.22. The fourth-order valence-corrected chi connectivity index (χ4v) is 3.35. The van der Waals surface area contributed by atoms with Gasteiger partial charge in [-0.15, -0.1) is 0 Å². The number of ketones is 1. The van der Waals surface area contributed by atoms with Gasteiger partial charge in [0.05, 0.1) is 23.6 Å². The summed E-state index contributed by atoms with van der Waals surface area (Å²) in [5.41, 5.74) is 2.87. The number of rotatable bonds is 10. The minimum absolute atomic E-state index is 0.00179. The van der Waals surface area contributed by atoms with Gasteiger partial charge in [-0.2, -0.15) is 0 Å². The number of halogens is 1. The van der Waals surface area contributed by atoms with Crippen LogP contribution in [0.2, 0.25) is 0 Å². The van der Waals surface area contributed by atoms with E-state index in [0.717, 1.165) is 16.8 Å². The molecule has 2 aromatic rings. The number of hydrogen-bond donors (Lipinski definition) is 2. The lowest BCUT2D eigenvalue weighted by Crippen LogP contribution is -2.18. The van der Waals surface area contributed by atoms with Crippen molar-refractivity contribution in [2.75, 3.05) is 17.6 Å². The van der Waals surface area contributed by atoms with Crippen molar-refractivity contribution in [1.82, 2.24) is 9.97 Å². The third-order valence-corrected chi connectivity index (χ3v) is 5.42. The number of nitrogens with zero attached hydrogens (tertiary/aromatic N) is 3. The van der Waals surface area contributed by atoms with E-state index < -0.39 is 12.2 Å². The number of anilines is 1. The molecule has 0 aliphatic heterocycles. The highest BCUT2D eigenvalue weighted by Crippen LogP contribution is 2.32. The maximum atomic E-state index is 13.5. The minimum Gasteiger partial charge on any atom is -0.393 e. The quantitative estimate of drug-likeness (QED) is 0.527. The minimum atomic E-state index is -0.941. The summed E-state index contributed by atoms with van der Waals surface area (Å²) in [7, 11) is 1.87. The number of aromatic nitrogens is 2. The van der Waals surface area contributed by atoms with Crippen LogP contribution in [0.3, 0.4) is 0 Å². The number of aliphatic hydroxyl groups is 2. The largest absolute Gasteiger partial charge is 0.393 e. The van der Waals surface area contributed by atoms with Gasteiger partial charge in [0.15, 0.2) is 0 Å². The van der Waals surface area contributed by atoms with Crippen LogP contribution in [0.4, 0.5) is 10.3 Å². The molecule has 6 nitrogen and oxygen atoms in total. The van der Waals surface area contributed by atoms with Gasteiger partial charge in [0.2, 0.25) is 5.95 Å². The van der Waals surface area contributed by atoms with E-state index in [-0.39, 0.29) is 30.4 Å². The number of benzene rings is 1. The average Bonchev–Trinajstić information content (AvgIpc) is 2.70. The summed E-state index contributed by atoms with van der Waals surface area (Å²) in [6, 6.07) is 6.08. The lowest BCUT2D eigenvalue weighted by atomic mass is 9.97. The number of carbonyl (C=O) groups excluding carboxylic acids is 1. The van der Waals surface area contributed by atoms with Crippen molar-refractivity contribution in [2.24, 2.45) is 0 Å². The first-order valence-corrected chi connectivity index (χ1v) is 11.3. The third-order valence-electron chi connectivity index (χ3n) is 4.71. The zero-order valence-corrected chi connectivity index (χ0v) is 19.4. The van der Waals surface area contributed by atoms with E-state index >= 15 is 0 Å². The second kappa shape index (κ2) is 11.4. The molecule has 1 aromatic carbocycles. The van der Waals surface area contributed by atoms with Crippen LogP contribution < -0.4 is 4.31 Å². The summed E-state index contributed by atoms with van der Waals surface area (Å²) in [6.45, 7) is 5.44. The number of aliphatic hydroxyl groups excluding tert-OH is 2. The average molecular weight is 448 g/mol. The van der Waals surface area contributed by atoms with E-state index in [9.17, 15) is 19.4 Å². The second-order valence-electron chi connectivity index (χ2n) is 7.73. The van der Waals surface area contributed by atoms with Gasteiger partial charge in [0.25, 0.3) is 0 Å². The van der Waals surface area contributed by atoms with Crippen LogP contribution in [0, 0.1) is 5.82 Å². The fourth-order valence-electron chi connectivity index (χ4n) is 3.11. The van der Waals surface area contributed by atoms with E-state index in [0.29, 0.717) is 11.6 Å². The zero-order valence-electron chi connectivity index (χ0n) is 18.5. The Morgan fingerprint density at radius 3 is 2.42 bits per heavy atom. The van der Waals surface area contributed by atoms with Crippen LogP contribution in [0.25, 0.3) is 17.3 Å². The summed E-state index contributed by atoms with van der Waals surface area (Å²) in [6.07, 6.45) is 3.43. The Morgan fingerprint density at radius 2 is 1.87 bits per heavy atom. The van der Waals surface area contributed by atoms with E-state index in [1.807, 2.05) is 31.5 Å². The molecule has 8 heteroatoms. The second-order valence-corrected chi connectivity index (χ2v) is 8.65. The zero-order chi connectivity index (χ0) is 23.1. The smallest absolute Gasteiger partial charge is 0.236 e. The molecule has 0 saturated carbocycles. The summed E-state index contributed by atoms with van der Waals surface area (Å²) in [5, 5.41) is 20.3. The van der Waals surface area contributed by atoms with Crippen LogP contribution in [-0.2, 0) is 4.79 Å². The molecule has 0 radical (unpaired) electrons. The Labute approximate surface area is 187 Å². The summed E-state index contributed by atoms with van der Waals surface area (Å²) in [5.74, 6) is 0.128. The van der Waals surface area contributed by atoms with Gasteiger partial charge >= 0.3 is 0 Å². The molecular formula is C23H30FN3O3S. The maximum Gasteiger partial charge on any atom is 0.236 e. The Hall–Kier alpha value is -2.29. The van der Waals surface area contributed by atoms with Crippen molar-refractivity contribution in [1.29, 1.82) is 0 Å². The first kappa shape index (κ1) is 25.0. The molecule has 0 saturated heterocycles. The lowest BCUT2D eigenvalue weighted by molar-refractivity contribution is -0.119. The molecule has 0 aliphatic carbocycles. The molecule has 31 heavy (non-hydrogen) atoms. The molecule has 0 amide bonds. The van der Waals surface area contributed by atoms with E-state index in [4.69, 9.17) is 9.97 Å². The predicted molar refractivity (Wildman–Crippen MR) is 124 cm³/mol. The molecule has 168 valence electrons. The molecule has 1 aromatic heterocycles. The van der Waals surface area contributed by atoms with Crippen molar-refractivity contribution in [2.45, 2.75) is 51.7 Å². The Kier molecular flexibility index (Phi) is 9.15. The SMILES string of the molecule is CSN(C)c1nc(-c2ccc(F)cc2)c(/C=C/[C@@H](O)C[C@@H](O)CC(C)=O)c(C(C)C)n1. The first-order chi connectivity index (χ1) is 14.6. The van der Waals surface area contributed by atoms with Gasteiger partial charge in [-0.3, -0.25) is 9.10 Å². The van der Waals surface area contributed by atoms with E-state index in [1.165, 1.54) is 31.0 Å². The highest BCUT2D eigenvalue weighted by molar-refractivity contribution is 7.99. The molecule has 1 heterocycles. The topological polar surface area (TPSA) is 86.5 Å². The molecule has 2 rings (SSSR count). The van der Waals surface area contributed by atoms with Crippen LogP contribution in [0.15, 0.2) is 30.3 Å². The van der Waals surface area contributed by atoms with Crippen molar-refractivity contribution in [3.05, 3.63) is 47.4 Å². The summed E-state index contributed by atoms with van der Waals surface area (Å²) in [4.78, 5) is 20.6. The molecule has 0 bridgehead atoms. The van der Waals surface area contributed by atoms with Gasteiger partial charge in [0.1, 0.15) is 11.6 Å². The van der Waals surface area contributed by atoms with Crippen molar-refractivity contribution in [3.63, 3.8) is 0 Å². The first-order valence-electron chi connectivity index (χ1n) is 10.1. The Morgan fingerprint density at radius 1 is 1.23 bits per heavy atom. The van der Waals surface area contributed by atoms with Crippen LogP contribution in [-0.4, -0.2) is 51.5 Å². The maximum absolute atomic E-state index is 13.5. The Bertz CT molecular complexity index is 919. The lowest BCUT2D eigenvalue weighted by Gasteiger charge is -2.20. The van der Waals surface area contributed by atoms with E-state index in [1.54, 1.807) is 24.3 Å². The van der Waals surface area contributed by atoms with Gasteiger partial charge < -0.3 is 10.2 Å². The summed E-state index contributed by atoms with van der Waals surface area (Å²) < 4.78 is 15.3.